The Balaban J connectivity index is 1.85. The fraction of sp³-hybridized carbons (Fsp3) is 0.250. The molecular weight excluding hydrogens is 340 g/mol. The Hall–Kier alpha value is -3.53. The third kappa shape index (κ3) is 3.85. The van der Waals surface area contributed by atoms with Crippen molar-refractivity contribution in [3.63, 3.8) is 0 Å². The number of pyridine rings is 1. The highest BCUT2D eigenvalue weighted by Crippen LogP contribution is 2.28. The fourth-order valence-electron chi connectivity index (χ4n) is 2.98. The Morgan fingerprint density at radius 1 is 1.33 bits per heavy atom. The topological polar surface area (TPSA) is 75.1 Å². The molecule has 27 heavy (non-hydrogen) atoms. The lowest BCUT2D eigenvalue weighted by molar-refractivity contribution is 0.244. The molecule has 7 heteroatoms. The van der Waals surface area contributed by atoms with Crippen molar-refractivity contribution in [2.75, 3.05) is 11.9 Å². The van der Waals surface area contributed by atoms with E-state index in [4.69, 9.17) is 6.42 Å². The summed E-state index contributed by atoms with van der Waals surface area (Å²) in [6, 6.07) is 9.87. The Morgan fingerprint density at radius 3 is 2.89 bits per heavy atom. The van der Waals surface area contributed by atoms with Crippen LogP contribution in [-0.4, -0.2) is 27.6 Å². The molecule has 0 atom stereocenters. The zero-order chi connectivity index (χ0) is 19.4. The first kappa shape index (κ1) is 18.3. The van der Waals surface area contributed by atoms with Gasteiger partial charge in [0.05, 0.1) is 18.0 Å². The number of carbonyl (C=O) groups excluding carboxylic acids is 1. The number of nitrogens with zero attached hydrogens (tertiary/aromatic N) is 4. The number of aryl methyl sites for hydroxylation is 2. The number of aromatic nitrogens is 3. The van der Waals surface area contributed by atoms with Crippen LogP contribution in [0.2, 0.25) is 0 Å². The number of hydrogen-bond acceptors (Lipinski definition) is 4. The third-order valence-electron chi connectivity index (χ3n) is 4.47. The van der Waals surface area contributed by atoms with Gasteiger partial charge in [0.15, 0.2) is 0 Å². The molecule has 7 nitrogen and oxygen atoms in total. The number of imidazole rings is 1. The molecule has 0 aliphatic heterocycles. The molecule has 0 bridgehead atoms. The van der Waals surface area contributed by atoms with Crippen molar-refractivity contribution in [2.45, 2.75) is 19.9 Å². The quantitative estimate of drug-likeness (QED) is 0.541. The van der Waals surface area contributed by atoms with Crippen LogP contribution in [-0.2, 0) is 20.0 Å². The van der Waals surface area contributed by atoms with E-state index in [-0.39, 0.29) is 6.03 Å². The lowest BCUT2D eigenvalue weighted by Crippen LogP contribution is -2.31. The maximum absolute atomic E-state index is 11.5. The number of nitrogens with one attached hydrogen (secondary N) is 2. The van der Waals surface area contributed by atoms with Gasteiger partial charge in [0.2, 0.25) is 0 Å². The van der Waals surface area contributed by atoms with E-state index in [1.807, 2.05) is 36.9 Å². The summed E-state index contributed by atoms with van der Waals surface area (Å²) in [5, 5.41) is 4.99. The van der Waals surface area contributed by atoms with Gasteiger partial charge in [-0.1, -0.05) is 25.5 Å². The third-order valence-corrected chi connectivity index (χ3v) is 4.47. The SMILES string of the molecule is C#CNC(=O)NCc1ccc(N(C)c2cc3c(cn2)ncn3C)c(CC)c1. The van der Waals surface area contributed by atoms with Gasteiger partial charge in [-0.2, -0.15) is 0 Å². The number of benzene rings is 1. The van der Waals surface area contributed by atoms with E-state index in [2.05, 4.69) is 44.5 Å². The summed E-state index contributed by atoms with van der Waals surface area (Å²) in [5.74, 6) is 0.847. The molecule has 2 N–H and O–H groups in total. The van der Waals surface area contributed by atoms with Crippen LogP contribution in [0.25, 0.3) is 11.0 Å². The Morgan fingerprint density at radius 2 is 2.15 bits per heavy atom. The minimum atomic E-state index is -0.384. The van der Waals surface area contributed by atoms with E-state index in [1.165, 1.54) is 5.56 Å². The molecule has 0 saturated heterocycles. The molecule has 0 fully saturated rings. The largest absolute Gasteiger partial charge is 0.334 e. The lowest BCUT2D eigenvalue weighted by atomic mass is 10.1. The molecule has 0 radical (unpaired) electrons. The highest BCUT2D eigenvalue weighted by molar-refractivity contribution is 5.79. The maximum atomic E-state index is 11.5. The number of amides is 2. The average Bonchev–Trinajstić information content (AvgIpc) is 3.06. The molecular formula is C20H22N6O. The monoisotopic (exact) mass is 362 g/mol. The van der Waals surface area contributed by atoms with Gasteiger partial charge >= 0.3 is 6.03 Å². The average molecular weight is 362 g/mol. The van der Waals surface area contributed by atoms with Crippen LogP contribution >= 0.6 is 0 Å². The van der Waals surface area contributed by atoms with Crippen molar-refractivity contribution in [3.05, 3.63) is 47.9 Å². The molecule has 2 heterocycles. The van der Waals surface area contributed by atoms with E-state index in [9.17, 15) is 4.79 Å². The molecule has 1 aromatic carbocycles. The highest BCUT2D eigenvalue weighted by atomic mass is 16.2. The van der Waals surface area contributed by atoms with Gasteiger partial charge < -0.3 is 14.8 Å². The van der Waals surface area contributed by atoms with E-state index < -0.39 is 0 Å². The molecule has 0 saturated carbocycles. The first-order valence-corrected chi connectivity index (χ1v) is 8.65. The predicted molar refractivity (Wildman–Crippen MR) is 107 cm³/mol. The number of urea groups is 1. The molecule has 2 amide bonds. The standard InChI is InChI=1S/C20H22N6O/c1-5-15-9-14(11-23-20(27)21-6-2)7-8-17(15)26(4)19-10-18-16(12-22-19)24-13-25(18)3/h2,7-10,12-13H,5,11H2,1,3-4H3,(H2,21,23,27). The second kappa shape index (κ2) is 7.79. The minimum Gasteiger partial charge on any atom is -0.334 e. The van der Waals surface area contributed by atoms with E-state index in [0.29, 0.717) is 6.54 Å². The van der Waals surface area contributed by atoms with Crippen molar-refractivity contribution in [1.29, 1.82) is 0 Å². The summed E-state index contributed by atoms with van der Waals surface area (Å²) >= 11 is 0. The van der Waals surface area contributed by atoms with Gasteiger partial charge in [-0.3, -0.25) is 5.32 Å². The van der Waals surface area contributed by atoms with E-state index >= 15 is 0 Å². The lowest BCUT2D eigenvalue weighted by Gasteiger charge is -2.22. The van der Waals surface area contributed by atoms with Crippen LogP contribution in [0.3, 0.4) is 0 Å². The van der Waals surface area contributed by atoms with Crippen LogP contribution in [0, 0.1) is 12.5 Å². The van der Waals surface area contributed by atoms with Crippen molar-refractivity contribution in [2.24, 2.45) is 7.05 Å². The normalized spacial score (nSPS) is 10.4. The first-order valence-electron chi connectivity index (χ1n) is 8.65. The van der Waals surface area contributed by atoms with Gasteiger partial charge in [0.1, 0.15) is 11.3 Å². The maximum Gasteiger partial charge on any atom is 0.326 e. The number of fused-ring (bicyclic) bond motifs is 1. The second-order valence-electron chi connectivity index (χ2n) is 6.21. The number of rotatable bonds is 5. The van der Waals surface area contributed by atoms with Gasteiger partial charge in [0.25, 0.3) is 0 Å². The van der Waals surface area contributed by atoms with Crippen LogP contribution in [0.1, 0.15) is 18.1 Å². The Labute approximate surface area is 158 Å². The van der Waals surface area contributed by atoms with Crippen molar-refractivity contribution in [1.82, 2.24) is 25.2 Å². The molecule has 138 valence electrons. The highest BCUT2D eigenvalue weighted by Gasteiger charge is 2.12. The summed E-state index contributed by atoms with van der Waals surface area (Å²) in [7, 11) is 3.96. The summed E-state index contributed by atoms with van der Waals surface area (Å²) in [5.41, 5.74) is 5.15. The Kier molecular flexibility index (Phi) is 5.27. The van der Waals surface area contributed by atoms with Gasteiger partial charge in [0, 0.05) is 38.4 Å². The minimum absolute atomic E-state index is 0.384. The number of terminal acetylenes is 1. The van der Waals surface area contributed by atoms with Crippen molar-refractivity contribution in [3.8, 4) is 12.5 Å². The molecule has 0 aliphatic carbocycles. The fourth-order valence-corrected chi connectivity index (χ4v) is 2.98. The zero-order valence-corrected chi connectivity index (χ0v) is 15.7. The van der Waals surface area contributed by atoms with Gasteiger partial charge in [-0.15, -0.1) is 0 Å². The number of carbonyl (C=O) groups is 1. The van der Waals surface area contributed by atoms with Crippen LogP contribution < -0.4 is 15.5 Å². The van der Waals surface area contributed by atoms with Crippen molar-refractivity contribution < 1.29 is 4.79 Å². The number of anilines is 2. The zero-order valence-electron chi connectivity index (χ0n) is 15.7. The molecule has 2 aromatic heterocycles. The molecule has 0 unspecified atom stereocenters. The van der Waals surface area contributed by atoms with E-state index in [0.717, 1.165) is 34.5 Å². The van der Waals surface area contributed by atoms with Gasteiger partial charge in [-0.25, -0.2) is 14.8 Å². The summed E-state index contributed by atoms with van der Waals surface area (Å²) in [6.45, 7) is 2.51. The smallest absolute Gasteiger partial charge is 0.326 e. The predicted octanol–water partition coefficient (Wildman–Crippen LogP) is 2.69. The van der Waals surface area contributed by atoms with Crippen LogP contribution in [0.5, 0.6) is 0 Å². The summed E-state index contributed by atoms with van der Waals surface area (Å²) in [4.78, 5) is 22.4. The van der Waals surface area contributed by atoms with E-state index in [1.54, 1.807) is 12.5 Å². The molecule has 0 aliphatic rings. The molecule has 3 rings (SSSR count). The van der Waals surface area contributed by atoms with Crippen molar-refractivity contribution >= 4 is 28.6 Å². The van der Waals surface area contributed by atoms with Crippen LogP contribution in [0.15, 0.2) is 36.8 Å². The first-order chi connectivity index (χ1) is 13.0. The van der Waals surface area contributed by atoms with Gasteiger partial charge in [-0.05, 0) is 23.6 Å². The summed E-state index contributed by atoms with van der Waals surface area (Å²) in [6.07, 6.45) is 9.48. The Bertz CT molecular complexity index is 1020. The molecule has 3 aromatic rings. The summed E-state index contributed by atoms with van der Waals surface area (Å²) < 4.78 is 1.98. The molecule has 0 spiro atoms. The second-order valence-corrected chi connectivity index (χ2v) is 6.21. The number of hydrogen-bond donors (Lipinski definition) is 2. The van der Waals surface area contributed by atoms with Crippen LogP contribution in [0.4, 0.5) is 16.3 Å².